The van der Waals surface area contributed by atoms with Gasteiger partial charge in [0.1, 0.15) is 22.7 Å². The normalized spacial score (nSPS) is 11.8. The highest BCUT2D eigenvalue weighted by Gasteiger charge is 2.13. The summed E-state index contributed by atoms with van der Waals surface area (Å²) in [7, 11) is 0. The molecule has 0 spiro atoms. The zero-order valence-electron chi connectivity index (χ0n) is 13.3. The van der Waals surface area contributed by atoms with Gasteiger partial charge in [-0.2, -0.15) is 0 Å². The predicted octanol–water partition coefficient (Wildman–Crippen LogP) is 7.25. The third kappa shape index (κ3) is 2.22. The Kier molecular flexibility index (Phi) is 2.99. The van der Waals surface area contributed by atoms with Crippen LogP contribution in [0, 0.1) is 13.8 Å². The highest BCUT2D eigenvalue weighted by atomic mass is 32.1. The van der Waals surface area contributed by atoms with E-state index in [1.165, 1.54) is 11.1 Å². The van der Waals surface area contributed by atoms with Gasteiger partial charge in [0.05, 0.1) is 9.75 Å². The fraction of sp³-hybridized carbons (Fsp3) is 0.100. The van der Waals surface area contributed by atoms with Crippen LogP contribution in [0.3, 0.4) is 0 Å². The number of aryl methyl sites for hydroxylation is 2. The van der Waals surface area contributed by atoms with Gasteiger partial charge in [-0.3, -0.25) is 0 Å². The number of rotatable bonds is 2. The van der Waals surface area contributed by atoms with Crippen LogP contribution in [-0.2, 0) is 0 Å². The van der Waals surface area contributed by atoms with Gasteiger partial charge >= 0.3 is 0 Å². The second-order valence-corrected chi connectivity index (χ2v) is 7.95. The van der Waals surface area contributed by atoms with Crippen LogP contribution in [0.4, 0.5) is 0 Å². The zero-order valence-corrected chi connectivity index (χ0v) is 14.9. The van der Waals surface area contributed by atoms with Gasteiger partial charge in [-0.05, 0) is 66.1 Å². The van der Waals surface area contributed by atoms with E-state index in [1.807, 2.05) is 6.07 Å². The first-order valence-corrected chi connectivity index (χ1v) is 9.50. The van der Waals surface area contributed by atoms with Crippen molar-refractivity contribution in [1.82, 2.24) is 0 Å². The van der Waals surface area contributed by atoms with E-state index in [-0.39, 0.29) is 0 Å². The van der Waals surface area contributed by atoms with Crippen molar-refractivity contribution in [1.29, 1.82) is 0 Å². The molecule has 0 saturated carbocycles. The third-order valence-corrected chi connectivity index (χ3v) is 6.23. The summed E-state index contributed by atoms with van der Waals surface area (Å²) >= 11 is 3.42. The molecule has 0 aliphatic rings. The zero-order chi connectivity index (χ0) is 16.3. The lowest BCUT2D eigenvalue weighted by Gasteiger charge is -1.90. The standard InChI is InChI=1S/C20H14O2S2/c1-11-3-19(23-9-11)17-6-13-5-14-7-18(20-4-12(2)10-24-20)22-16(14)8-15(13)21-17/h3-10H,1-2H3. The van der Waals surface area contributed by atoms with Crippen molar-refractivity contribution in [3.05, 3.63) is 58.3 Å². The van der Waals surface area contributed by atoms with Crippen molar-refractivity contribution in [2.24, 2.45) is 0 Å². The van der Waals surface area contributed by atoms with Crippen LogP contribution < -0.4 is 0 Å². The fourth-order valence-corrected chi connectivity index (χ4v) is 4.64. The highest BCUT2D eigenvalue weighted by molar-refractivity contribution is 7.13. The summed E-state index contributed by atoms with van der Waals surface area (Å²) in [5, 5.41) is 6.50. The van der Waals surface area contributed by atoms with Gasteiger partial charge in [-0.1, -0.05) is 0 Å². The summed E-state index contributed by atoms with van der Waals surface area (Å²) in [4.78, 5) is 2.32. The molecule has 4 aromatic heterocycles. The van der Waals surface area contributed by atoms with E-state index in [9.17, 15) is 0 Å². The van der Waals surface area contributed by atoms with Crippen molar-refractivity contribution in [2.45, 2.75) is 13.8 Å². The monoisotopic (exact) mass is 350 g/mol. The van der Waals surface area contributed by atoms with Crippen LogP contribution in [0.5, 0.6) is 0 Å². The quantitative estimate of drug-likeness (QED) is 0.335. The van der Waals surface area contributed by atoms with Gasteiger partial charge in [0.15, 0.2) is 0 Å². The van der Waals surface area contributed by atoms with Crippen LogP contribution in [0.15, 0.2) is 56.0 Å². The summed E-state index contributed by atoms with van der Waals surface area (Å²) in [5.74, 6) is 1.84. The fourth-order valence-electron chi connectivity index (χ4n) is 2.94. The topological polar surface area (TPSA) is 26.3 Å². The Morgan fingerprint density at radius 1 is 0.625 bits per heavy atom. The molecule has 0 aliphatic carbocycles. The summed E-state index contributed by atoms with van der Waals surface area (Å²) in [6, 6.07) is 12.7. The second kappa shape index (κ2) is 5.10. The Balaban J connectivity index is 1.64. The molecule has 24 heavy (non-hydrogen) atoms. The van der Waals surface area contributed by atoms with Gasteiger partial charge in [0.25, 0.3) is 0 Å². The minimum Gasteiger partial charge on any atom is -0.455 e. The Morgan fingerprint density at radius 3 is 1.54 bits per heavy atom. The van der Waals surface area contributed by atoms with Crippen LogP contribution in [0.25, 0.3) is 43.2 Å². The second-order valence-electron chi connectivity index (χ2n) is 6.13. The molecule has 0 bridgehead atoms. The lowest BCUT2D eigenvalue weighted by molar-refractivity contribution is 0.621. The number of hydrogen-bond donors (Lipinski definition) is 0. The number of fused-ring (bicyclic) bond motifs is 2. The molecule has 118 valence electrons. The predicted molar refractivity (Wildman–Crippen MR) is 102 cm³/mol. The molecule has 4 heteroatoms. The molecule has 0 saturated heterocycles. The van der Waals surface area contributed by atoms with Gasteiger partial charge in [-0.25, -0.2) is 0 Å². The molecular weight excluding hydrogens is 336 g/mol. The summed E-state index contributed by atoms with van der Waals surface area (Å²) < 4.78 is 12.1. The van der Waals surface area contributed by atoms with Crippen molar-refractivity contribution in [3.63, 3.8) is 0 Å². The van der Waals surface area contributed by atoms with Crippen molar-refractivity contribution >= 4 is 44.6 Å². The van der Waals surface area contributed by atoms with E-state index in [0.29, 0.717) is 0 Å². The Morgan fingerprint density at radius 2 is 1.12 bits per heavy atom. The van der Waals surface area contributed by atoms with Gasteiger partial charge in [0, 0.05) is 16.8 Å². The number of benzene rings is 1. The average molecular weight is 350 g/mol. The molecule has 5 rings (SSSR count). The molecule has 0 amide bonds. The highest BCUT2D eigenvalue weighted by Crippen LogP contribution is 2.37. The SMILES string of the molecule is Cc1csc(-c2cc3cc4cc(-c5cc(C)cs5)oc4cc3o2)c1. The molecule has 1 aromatic carbocycles. The first-order valence-electron chi connectivity index (χ1n) is 7.74. The molecular formula is C20H14O2S2. The molecule has 0 aliphatic heterocycles. The van der Waals surface area contributed by atoms with E-state index in [2.05, 4.69) is 54.9 Å². The lowest BCUT2D eigenvalue weighted by atomic mass is 10.2. The van der Waals surface area contributed by atoms with Crippen molar-refractivity contribution < 1.29 is 8.83 Å². The Bertz CT molecular complexity index is 1040. The summed E-state index contributed by atoms with van der Waals surface area (Å²) in [6.45, 7) is 4.20. The minimum atomic E-state index is 0.867. The van der Waals surface area contributed by atoms with Crippen LogP contribution in [0.2, 0.25) is 0 Å². The number of furan rings is 2. The first-order chi connectivity index (χ1) is 11.7. The van der Waals surface area contributed by atoms with Crippen LogP contribution in [0.1, 0.15) is 11.1 Å². The molecule has 5 aromatic rings. The molecule has 2 nitrogen and oxygen atoms in total. The Labute approximate surface area is 147 Å². The van der Waals surface area contributed by atoms with Crippen molar-refractivity contribution in [3.8, 4) is 21.3 Å². The van der Waals surface area contributed by atoms with E-state index >= 15 is 0 Å². The smallest absolute Gasteiger partial charge is 0.145 e. The minimum absolute atomic E-state index is 0.867. The molecule has 0 N–H and O–H groups in total. The van der Waals surface area contributed by atoms with Crippen LogP contribution in [-0.4, -0.2) is 0 Å². The molecule has 0 atom stereocenters. The summed E-state index contributed by atoms with van der Waals surface area (Å²) in [5.41, 5.74) is 4.26. The maximum Gasteiger partial charge on any atom is 0.145 e. The lowest BCUT2D eigenvalue weighted by Crippen LogP contribution is -1.63. The molecule has 0 fully saturated rings. The van der Waals surface area contributed by atoms with Gasteiger partial charge in [-0.15, -0.1) is 22.7 Å². The van der Waals surface area contributed by atoms with Crippen LogP contribution >= 0.6 is 22.7 Å². The average Bonchev–Trinajstić information content (AvgIpc) is 3.29. The maximum atomic E-state index is 6.05. The van der Waals surface area contributed by atoms with E-state index in [4.69, 9.17) is 8.83 Å². The maximum absolute atomic E-state index is 6.05. The van der Waals surface area contributed by atoms with E-state index < -0.39 is 0 Å². The number of hydrogen-bond acceptors (Lipinski definition) is 4. The Hall–Kier alpha value is -2.30. The van der Waals surface area contributed by atoms with Crippen molar-refractivity contribution in [2.75, 3.05) is 0 Å². The molecule has 4 heterocycles. The first kappa shape index (κ1) is 14.1. The molecule has 0 unspecified atom stereocenters. The van der Waals surface area contributed by atoms with Gasteiger partial charge < -0.3 is 8.83 Å². The number of thiophene rings is 2. The summed E-state index contributed by atoms with van der Waals surface area (Å²) in [6.07, 6.45) is 0. The van der Waals surface area contributed by atoms with E-state index in [0.717, 1.165) is 43.2 Å². The van der Waals surface area contributed by atoms with E-state index in [1.54, 1.807) is 22.7 Å². The molecule has 0 radical (unpaired) electrons. The third-order valence-electron chi connectivity index (χ3n) is 4.10. The van der Waals surface area contributed by atoms with Gasteiger partial charge in [0.2, 0.25) is 0 Å². The largest absolute Gasteiger partial charge is 0.455 e.